The quantitative estimate of drug-likeness (QED) is 0.508. The van der Waals surface area contributed by atoms with Gasteiger partial charge in [0.05, 0.1) is 18.4 Å². The van der Waals surface area contributed by atoms with Gasteiger partial charge in [0.2, 0.25) is 0 Å². The number of furan rings is 1. The molecule has 2 aromatic heterocycles. The highest BCUT2D eigenvalue weighted by Crippen LogP contribution is 2.23. The second-order valence-electron chi connectivity index (χ2n) is 6.22. The molecule has 0 saturated heterocycles. The van der Waals surface area contributed by atoms with Gasteiger partial charge in [-0.3, -0.25) is 4.79 Å². The van der Waals surface area contributed by atoms with Gasteiger partial charge in [-0.05, 0) is 42.3 Å². The largest absolute Gasteiger partial charge is 0.464 e. The second-order valence-corrected chi connectivity index (χ2v) is 6.22. The second kappa shape index (κ2) is 6.88. The fraction of sp³-hybridized carbons (Fsp3) is 0.143. The van der Waals surface area contributed by atoms with Crippen molar-refractivity contribution < 1.29 is 13.9 Å². The van der Waals surface area contributed by atoms with Crippen LogP contribution < -0.4 is 0 Å². The monoisotopic (exact) mass is 346 g/mol. The van der Waals surface area contributed by atoms with Crippen LogP contribution in [-0.4, -0.2) is 15.7 Å². The number of ether oxygens (including phenoxy) is 1. The number of hydrogen-bond acceptors (Lipinski definition) is 4. The van der Waals surface area contributed by atoms with E-state index in [0.717, 1.165) is 33.3 Å². The lowest BCUT2D eigenvalue weighted by Crippen LogP contribution is -2.07. The van der Waals surface area contributed by atoms with Crippen LogP contribution >= 0.6 is 0 Å². The number of carbonyl (C=O) groups excluding carboxylic acids is 1. The number of aromatic nitrogens is 2. The number of benzene rings is 2. The van der Waals surface area contributed by atoms with Gasteiger partial charge in [0.15, 0.2) is 0 Å². The molecule has 5 nitrogen and oxygen atoms in total. The van der Waals surface area contributed by atoms with Crippen molar-refractivity contribution in [3.8, 4) is 5.69 Å². The Kier molecular flexibility index (Phi) is 4.27. The molecule has 0 N–H and O–H groups in total. The fourth-order valence-corrected chi connectivity index (χ4v) is 2.86. The van der Waals surface area contributed by atoms with Gasteiger partial charge >= 0.3 is 5.97 Å². The summed E-state index contributed by atoms with van der Waals surface area (Å²) in [6, 6.07) is 15.6. The predicted molar refractivity (Wildman–Crippen MR) is 98.0 cm³/mol. The third-order valence-electron chi connectivity index (χ3n) is 4.25. The third-order valence-corrected chi connectivity index (χ3v) is 4.25. The van der Waals surface area contributed by atoms with Crippen molar-refractivity contribution in [2.45, 2.75) is 20.0 Å². The molecule has 0 radical (unpaired) electrons. The van der Waals surface area contributed by atoms with Crippen LogP contribution in [0.2, 0.25) is 0 Å². The maximum Gasteiger partial charge on any atom is 0.310 e. The van der Waals surface area contributed by atoms with E-state index in [1.165, 1.54) is 0 Å². The normalized spacial score (nSPS) is 11.0. The van der Waals surface area contributed by atoms with E-state index >= 15 is 0 Å². The Morgan fingerprint density at radius 1 is 1.19 bits per heavy atom. The van der Waals surface area contributed by atoms with E-state index in [2.05, 4.69) is 5.10 Å². The maximum absolute atomic E-state index is 12.2. The highest BCUT2D eigenvalue weighted by atomic mass is 16.5. The van der Waals surface area contributed by atoms with Crippen LogP contribution in [0.25, 0.3) is 16.7 Å². The van der Waals surface area contributed by atoms with E-state index in [-0.39, 0.29) is 19.0 Å². The van der Waals surface area contributed by atoms with E-state index in [0.29, 0.717) is 0 Å². The average Bonchev–Trinajstić information content (AvgIpc) is 3.31. The summed E-state index contributed by atoms with van der Waals surface area (Å²) in [6.07, 6.45) is 5.44. The number of aryl methyl sites for hydroxylation is 1. The molecule has 0 amide bonds. The molecule has 26 heavy (non-hydrogen) atoms. The summed E-state index contributed by atoms with van der Waals surface area (Å²) < 4.78 is 12.7. The maximum atomic E-state index is 12.2. The van der Waals surface area contributed by atoms with Gasteiger partial charge in [-0.25, -0.2) is 4.68 Å². The molecule has 0 aliphatic rings. The SMILES string of the molecule is Cc1ccc2c(CC(=O)OCc3ccc(-n4cccn4)cc3)coc2c1. The van der Waals surface area contributed by atoms with Crippen molar-refractivity contribution in [1.82, 2.24) is 9.78 Å². The molecule has 0 unspecified atom stereocenters. The van der Waals surface area contributed by atoms with Gasteiger partial charge in [0.25, 0.3) is 0 Å². The van der Waals surface area contributed by atoms with Crippen LogP contribution in [0.1, 0.15) is 16.7 Å². The molecule has 0 aliphatic heterocycles. The third kappa shape index (κ3) is 3.37. The molecule has 0 aliphatic carbocycles. The van der Waals surface area contributed by atoms with Crippen LogP contribution in [0.15, 0.2) is 71.6 Å². The zero-order chi connectivity index (χ0) is 17.9. The van der Waals surface area contributed by atoms with Gasteiger partial charge in [-0.15, -0.1) is 0 Å². The van der Waals surface area contributed by atoms with Gasteiger partial charge < -0.3 is 9.15 Å². The molecular formula is C21H18N2O3. The lowest BCUT2D eigenvalue weighted by atomic mass is 10.1. The lowest BCUT2D eigenvalue weighted by molar-refractivity contribution is -0.144. The summed E-state index contributed by atoms with van der Waals surface area (Å²) in [6.45, 7) is 2.25. The van der Waals surface area contributed by atoms with Crippen LogP contribution in [-0.2, 0) is 22.6 Å². The Bertz CT molecular complexity index is 1030. The zero-order valence-electron chi connectivity index (χ0n) is 14.4. The molecular weight excluding hydrogens is 328 g/mol. The molecule has 130 valence electrons. The van der Waals surface area contributed by atoms with E-state index in [1.54, 1.807) is 17.1 Å². The van der Waals surface area contributed by atoms with Crippen LogP contribution in [0.5, 0.6) is 0 Å². The fourth-order valence-electron chi connectivity index (χ4n) is 2.86. The summed E-state index contributed by atoms with van der Waals surface area (Å²) in [5.41, 5.74) is 4.66. The van der Waals surface area contributed by atoms with Gasteiger partial charge in [-0.1, -0.05) is 24.3 Å². The molecule has 0 saturated carbocycles. The molecule has 4 rings (SSSR count). The van der Waals surface area contributed by atoms with E-state index in [9.17, 15) is 4.79 Å². The summed E-state index contributed by atoms with van der Waals surface area (Å²) in [4.78, 5) is 12.2. The summed E-state index contributed by atoms with van der Waals surface area (Å²) in [5, 5.41) is 5.14. The van der Waals surface area contributed by atoms with Gasteiger partial charge in [0, 0.05) is 23.3 Å². The first-order valence-electron chi connectivity index (χ1n) is 8.40. The lowest BCUT2D eigenvalue weighted by Gasteiger charge is -2.06. The number of rotatable bonds is 5. The Balaban J connectivity index is 1.37. The van der Waals surface area contributed by atoms with Crippen LogP contribution in [0, 0.1) is 6.92 Å². The van der Waals surface area contributed by atoms with Crippen molar-refractivity contribution in [3.05, 3.63) is 83.9 Å². The Morgan fingerprint density at radius 2 is 2.04 bits per heavy atom. The first-order chi connectivity index (χ1) is 12.7. The summed E-state index contributed by atoms with van der Waals surface area (Å²) >= 11 is 0. The van der Waals surface area contributed by atoms with E-state index < -0.39 is 0 Å². The zero-order valence-corrected chi connectivity index (χ0v) is 14.4. The molecule has 0 atom stereocenters. The molecule has 0 spiro atoms. The minimum Gasteiger partial charge on any atom is -0.464 e. The Labute approximate surface area is 150 Å². The van der Waals surface area contributed by atoms with Gasteiger partial charge in [0.1, 0.15) is 12.2 Å². The number of hydrogen-bond donors (Lipinski definition) is 0. The smallest absolute Gasteiger partial charge is 0.310 e. The molecule has 2 aromatic carbocycles. The number of nitrogens with zero attached hydrogens (tertiary/aromatic N) is 2. The molecule has 2 heterocycles. The van der Waals surface area contributed by atoms with Crippen LogP contribution in [0.3, 0.4) is 0 Å². The molecule has 4 aromatic rings. The minimum atomic E-state index is -0.274. The molecule has 0 fully saturated rings. The molecule has 0 bridgehead atoms. The van der Waals surface area contributed by atoms with E-state index in [1.807, 2.05) is 61.7 Å². The Hall–Kier alpha value is -3.34. The Morgan fingerprint density at radius 3 is 2.81 bits per heavy atom. The number of carbonyl (C=O) groups is 1. The van der Waals surface area contributed by atoms with E-state index in [4.69, 9.17) is 9.15 Å². The number of fused-ring (bicyclic) bond motifs is 1. The van der Waals surface area contributed by atoms with Crippen molar-refractivity contribution in [2.75, 3.05) is 0 Å². The number of esters is 1. The first kappa shape index (κ1) is 16.1. The standard InChI is InChI=1S/C21H18N2O3/c1-15-3-8-19-17(14-25-20(19)11-15)12-21(24)26-13-16-4-6-18(7-5-16)23-10-2-9-22-23/h2-11,14H,12-13H2,1H3. The van der Waals surface area contributed by atoms with Gasteiger partial charge in [-0.2, -0.15) is 5.10 Å². The minimum absolute atomic E-state index is 0.196. The van der Waals surface area contributed by atoms with Crippen molar-refractivity contribution in [1.29, 1.82) is 0 Å². The average molecular weight is 346 g/mol. The van der Waals surface area contributed by atoms with Crippen molar-refractivity contribution >= 4 is 16.9 Å². The first-order valence-corrected chi connectivity index (χ1v) is 8.40. The van der Waals surface area contributed by atoms with Crippen molar-refractivity contribution in [2.24, 2.45) is 0 Å². The van der Waals surface area contributed by atoms with Crippen LogP contribution in [0.4, 0.5) is 0 Å². The highest BCUT2D eigenvalue weighted by molar-refractivity contribution is 5.86. The summed E-state index contributed by atoms with van der Waals surface area (Å²) in [7, 11) is 0. The predicted octanol–water partition coefficient (Wildman–Crippen LogP) is 4.21. The van der Waals surface area contributed by atoms with Crippen molar-refractivity contribution in [3.63, 3.8) is 0 Å². The molecule has 5 heteroatoms. The summed E-state index contributed by atoms with van der Waals surface area (Å²) in [5.74, 6) is -0.274. The topological polar surface area (TPSA) is 57.3 Å². The highest BCUT2D eigenvalue weighted by Gasteiger charge is 2.12.